The average Bonchev–Trinajstić information content (AvgIpc) is 2.52. The number of hydrogen-bond acceptors (Lipinski definition) is 4. The van der Waals surface area contributed by atoms with Crippen LogP contribution in [-0.2, 0) is 6.42 Å². The molecule has 0 aliphatic carbocycles. The van der Waals surface area contributed by atoms with Crippen molar-refractivity contribution in [3.05, 3.63) is 47.7 Å². The van der Waals surface area contributed by atoms with E-state index in [2.05, 4.69) is 64.8 Å². The first-order valence-electron chi connectivity index (χ1n) is 8.07. The summed E-state index contributed by atoms with van der Waals surface area (Å²) in [4.78, 5) is 8.97. The van der Waals surface area contributed by atoms with Crippen molar-refractivity contribution in [3.8, 4) is 0 Å². The van der Waals surface area contributed by atoms with Gasteiger partial charge in [0.1, 0.15) is 5.82 Å². The van der Waals surface area contributed by atoms with Gasteiger partial charge in [-0.05, 0) is 38.7 Å². The Kier molecular flexibility index (Phi) is 6.19. The highest BCUT2D eigenvalue weighted by Crippen LogP contribution is 2.11. The Bertz CT molecular complexity index is 569. The molecule has 0 spiro atoms. The third kappa shape index (κ3) is 5.35. The summed E-state index contributed by atoms with van der Waals surface area (Å²) in [6.07, 6.45) is 3.22. The molecule has 0 saturated carbocycles. The molecule has 0 aliphatic rings. The van der Waals surface area contributed by atoms with Gasteiger partial charge in [-0.2, -0.15) is 4.98 Å². The zero-order chi connectivity index (χ0) is 15.8. The van der Waals surface area contributed by atoms with E-state index >= 15 is 0 Å². The van der Waals surface area contributed by atoms with Gasteiger partial charge < -0.3 is 10.6 Å². The number of nitrogens with zero attached hydrogens (tertiary/aromatic N) is 2. The number of anilines is 2. The molecular weight excluding hydrogens is 272 g/mol. The van der Waals surface area contributed by atoms with Crippen molar-refractivity contribution < 1.29 is 0 Å². The molecule has 2 N–H and O–H groups in total. The molecule has 1 aromatic carbocycles. The minimum absolute atomic E-state index is 0.382. The van der Waals surface area contributed by atoms with E-state index in [0.717, 1.165) is 37.3 Å². The first kappa shape index (κ1) is 16.3. The monoisotopic (exact) mass is 298 g/mol. The maximum Gasteiger partial charge on any atom is 0.225 e. The predicted molar refractivity (Wildman–Crippen MR) is 93.4 cm³/mol. The summed E-state index contributed by atoms with van der Waals surface area (Å²) in [6, 6.07) is 12.9. The van der Waals surface area contributed by atoms with Gasteiger partial charge in [0.25, 0.3) is 0 Å². The summed E-state index contributed by atoms with van der Waals surface area (Å²) in [5.41, 5.74) is 2.36. The smallest absolute Gasteiger partial charge is 0.225 e. The molecule has 1 unspecified atom stereocenters. The number of aryl methyl sites for hydroxylation is 2. The van der Waals surface area contributed by atoms with Crippen LogP contribution in [0.5, 0.6) is 0 Å². The van der Waals surface area contributed by atoms with Gasteiger partial charge >= 0.3 is 0 Å². The number of aromatic nitrogens is 2. The van der Waals surface area contributed by atoms with Crippen molar-refractivity contribution in [1.82, 2.24) is 9.97 Å². The molecule has 0 fully saturated rings. The van der Waals surface area contributed by atoms with Crippen molar-refractivity contribution in [2.75, 3.05) is 17.2 Å². The molecule has 4 nitrogen and oxygen atoms in total. The van der Waals surface area contributed by atoms with Crippen LogP contribution in [0.25, 0.3) is 0 Å². The van der Waals surface area contributed by atoms with Gasteiger partial charge in [0.15, 0.2) is 0 Å². The summed E-state index contributed by atoms with van der Waals surface area (Å²) < 4.78 is 0. The summed E-state index contributed by atoms with van der Waals surface area (Å²) in [5.74, 6) is 1.60. The van der Waals surface area contributed by atoms with Gasteiger partial charge in [-0.15, -0.1) is 0 Å². The molecular formula is C18H26N4. The van der Waals surface area contributed by atoms with Crippen LogP contribution >= 0.6 is 0 Å². The Morgan fingerprint density at radius 3 is 2.64 bits per heavy atom. The van der Waals surface area contributed by atoms with E-state index < -0.39 is 0 Å². The SMILES string of the molecule is CCC(C)Nc1nc(C)cc(NCCCc2ccccc2)n1. The molecule has 2 rings (SSSR count). The Morgan fingerprint density at radius 1 is 1.14 bits per heavy atom. The summed E-state index contributed by atoms with van der Waals surface area (Å²) in [5, 5.41) is 6.72. The number of nitrogens with one attached hydrogen (secondary N) is 2. The van der Waals surface area contributed by atoms with E-state index in [-0.39, 0.29) is 0 Å². The molecule has 0 amide bonds. The minimum atomic E-state index is 0.382. The maximum atomic E-state index is 4.53. The van der Waals surface area contributed by atoms with E-state index in [1.807, 2.05) is 13.0 Å². The largest absolute Gasteiger partial charge is 0.370 e. The lowest BCUT2D eigenvalue weighted by Gasteiger charge is -2.13. The Hall–Kier alpha value is -2.10. The second-order valence-corrected chi connectivity index (χ2v) is 5.69. The van der Waals surface area contributed by atoms with Gasteiger partial charge in [-0.25, -0.2) is 4.98 Å². The molecule has 0 saturated heterocycles. The highest BCUT2D eigenvalue weighted by atomic mass is 15.1. The second-order valence-electron chi connectivity index (χ2n) is 5.69. The second kappa shape index (κ2) is 8.37. The lowest BCUT2D eigenvalue weighted by Crippen LogP contribution is -2.17. The van der Waals surface area contributed by atoms with Crippen molar-refractivity contribution in [2.45, 2.75) is 46.1 Å². The van der Waals surface area contributed by atoms with E-state index in [1.165, 1.54) is 5.56 Å². The Morgan fingerprint density at radius 2 is 1.91 bits per heavy atom. The van der Waals surface area contributed by atoms with Gasteiger partial charge in [0, 0.05) is 24.3 Å². The molecule has 118 valence electrons. The van der Waals surface area contributed by atoms with Gasteiger partial charge in [-0.3, -0.25) is 0 Å². The van der Waals surface area contributed by atoms with Crippen LogP contribution in [-0.4, -0.2) is 22.6 Å². The molecule has 1 heterocycles. The molecule has 2 aromatic rings. The Balaban J connectivity index is 1.84. The number of rotatable bonds is 8. The fourth-order valence-corrected chi connectivity index (χ4v) is 2.20. The van der Waals surface area contributed by atoms with Crippen molar-refractivity contribution >= 4 is 11.8 Å². The third-order valence-corrected chi connectivity index (χ3v) is 3.63. The fraction of sp³-hybridized carbons (Fsp3) is 0.444. The van der Waals surface area contributed by atoms with Crippen LogP contribution in [0.15, 0.2) is 36.4 Å². The van der Waals surface area contributed by atoms with Crippen molar-refractivity contribution in [1.29, 1.82) is 0 Å². The van der Waals surface area contributed by atoms with Gasteiger partial charge in [0.05, 0.1) is 0 Å². The first-order valence-corrected chi connectivity index (χ1v) is 8.07. The molecule has 22 heavy (non-hydrogen) atoms. The maximum absolute atomic E-state index is 4.53. The topological polar surface area (TPSA) is 49.8 Å². The quantitative estimate of drug-likeness (QED) is 0.722. The van der Waals surface area contributed by atoms with Crippen molar-refractivity contribution in [2.24, 2.45) is 0 Å². The first-order chi connectivity index (χ1) is 10.7. The minimum Gasteiger partial charge on any atom is -0.370 e. The Labute approximate surface area is 133 Å². The third-order valence-electron chi connectivity index (χ3n) is 3.63. The lowest BCUT2D eigenvalue weighted by atomic mass is 10.1. The van der Waals surface area contributed by atoms with Crippen LogP contribution in [0.1, 0.15) is 37.9 Å². The van der Waals surface area contributed by atoms with Crippen LogP contribution in [0.3, 0.4) is 0 Å². The average molecular weight is 298 g/mol. The van der Waals surface area contributed by atoms with Crippen LogP contribution in [0, 0.1) is 6.92 Å². The van der Waals surface area contributed by atoms with E-state index in [9.17, 15) is 0 Å². The van der Waals surface area contributed by atoms with Gasteiger partial charge in [-0.1, -0.05) is 37.3 Å². The van der Waals surface area contributed by atoms with Crippen LogP contribution in [0.4, 0.5) is 11.8 Å². The fourth-order valence-electron chi connectivity index (χ4n) is 2.20. The van der Waals surface area contributed by atoms with E-state index in [1.54, 1.807) is 0 Å². The standard InChI is InChI=1S/C18H26N4/c1-4-14(2)20-18-21-15(3)13-17(22-18)19-12-8-11-16-9-6-5-7-10-16/h5-7,9-10,13-14H,4,8,11-12H2,1-3H3,(H2,19,20,21,22). The highest BCUT2D eigenvalue weighted by Gasteiger charge is 2.04. The van der Waals surface area contributed by atoms with Crippen molar-refractivity contribution in [3.63, 3.8) is 0 Å². The van der Waals surface area contributed by atoms with Gasteiger partial charge in [0.2, 0.25) is 5.95 Å². The lowest BCUT2D eigenvalue weighted by molar-refractivity contribution is 0.751. The van der Waals surface area contributed by atoms with Crippen LogP contribution < -0.4 is 10.6 Å². The molecule has 1 aromatic heterocycles. The number of benzene rings is 1. The molecule has 1 atom stereocenters. The molecule has 0 bridgehead atoms. The van der Waals surface area contributed by atoms with E-state index in [4.69, 9.17) is 0 Å². The normalized spacial score (nSPS) is 12.0. The number of hydrogen-bond donors (Lipinski definition) is 2. The summed E-state index contributed by atoms with van der Waals surface area (Å²) >= 11 is 0. The zero-order valence-electron chi connectivity index (χ0n) is 13.8. The molecule has 0 radical (unpaired) electrons. The zero-order valence-corrected chi connectivity index (χ0v) is 13.8. The predicted octanol–water partition coefficient (Wildman–Crippen LogP) is 4.04. The highest BCUT2D eigenvalue weighted by molar-refractivity contribution is 5.42. The van der Waals surface area contributed by atoms with Crippen LogP contribution in [0.2, 0.25) is 0 Å². The van der Waals surface area contributed by atoms with E-state index in [0.29, 0.717) is 12.0 Å². The summed E-state index contributed by atoms with van der Waals surface area (Å²) in [7, 11) is 0. The molecule has 4 heteroatoms. The summed E-state index contributed by atoms with van der Waals surface area (Å²) in [6.45, 7) is 7.20. The molecule has 0 aliphatic heterocycles.